The highest BCUT2D eigenvalue weighted by Crippen LogP contribution is 2.37. The number of nitrogens with one attached hydrogen (secondary N) is 2. The van der Waals surface area contributed by atoms with Crippen LogP contribution in [0.1, 0.15) is 17.7 Å². The number of halogens is 1. The van der Waals surface area contributed by atoms with E-state index in [-0.39, 0.29) is 0 Å². The lowest BCUT2D eigenvalue weighted by molar-refractivity contribution is 0.297. The van der Waals surface area contributed by atoms with Crippen LogP contribution >= 0.6 is 11.6 Å². The van der Waals surface area contributed by atoms with Gasteiger partial charge < -0.3 is 19.8 Å². The summed E-state index contributed by atoms with van der Waals surface area (Å²) < 4.78 is 11.3. The molecule has 1 aromatic carbocycles. The van der Waals surface area contributed by atoms with E-state index < -0.39 is 0 Å². The highest BCUT2D eigenvalue weighted by Gasteiger charge is 2.15. The number of ether oxygens (including phenoxy) is 2. The van der Waals surface area contributed by atoms with Crippen LogP contribution in [0.15, 0.2) is 24.7 Å². The van der Waals surface area contributed by atoms with Crippen LogP contribution in [0.2, 0.25) is 5.02 Å². The van der Waals surface area contributed by atoms with Gasteiger partial charge in [0.15, 0.2) is 11.5 Å². The van der Waals surface area contributed by atoms with E-state index in [1.165, 1.54) is 0 Å². The summed E-state index contributed by atoms with van der Waals surface area (Å²) in [5.74, 6) is 1.40. The second-order valence-corrected chi connectivity index (χ2v) is 5.37. The van der Waals surface area contributed by atoms with Gasteiger partial charge in [0.1, 0.15) is 0 Å². The maximum Gasteiger partial charge on any atom is 0.179 e. The number of benzene rings is 1. The van der Waals surface area contributed by atoms with E-state index in [4.69, 9.17) is 21.1 Å². The number of imidazole rings is 1. The first-order valence-electron chi connectivity index (χ1n) is 7.09. The van der Waals surface area contributed by atoms with Crippen molar-refractivity contribution in [2.24, 2.45) is 0 Å². The largest absolute Gasteiger partial charge is 0.489 e. The molecular weight excluding hydrogens is 290 g/mol. The topological polar surface area (TPSA) is 59.2 Å². The monoisotopic (exact) mass is 307 g/mol. The normalized spacial score (nSPS) is 14.0. The van der Waals surface area contributed by atoms with Crippen molar-refractivity contribution in [2.75, 3.05) is 19.8 Å². The zero-order valence-corrected chi connectivity index (χ0v) is 12.4. The van der Waals surface area contributed by atoms with E-state index in [1.54, 1.807) is 6.33 Å². The van der Waals surface area contributed by atoms with Gasteiger partial charge in [0.05, 0.1) is 24.6 Å². The van der Waals surface area contributed by atoms with Crippen LogP contribution in [-0.2, 0) is 13.0 Å². The van der Waals surface area contributed by atoms with Crippen molar-refractivity contribution < 1.29 is 9.47 Å². The third-order valence-electron chi connectivity index (χ3n) is 3.32. The maximum absolute atomic E-state index is 6.27. The number of nitrogens with zero attached hydrogens (tertiary/aromatic N) is 1. The molecule has 2 N–H and O–H groups in total. The molecule has 3 rings (SSSR count). The van der Waals surface area contributed by atoms with Gasteiger partial charge in [-0.1, -0.05) is 11.6 Å². The quantitative estimate of drug-likeness (QED) is 0.834. The fourth-order valence-corrected chi connectivity index (χ4v) is 2.55. The Balaban J connectivity index is 1.58. The molecule has 2 heterocycles. The minimum absolute atomic E-state index is 0.611. The molecule has 2 aromatic rings. The minimum Gasteiger partial charge on any atom is -0.489 e. The van der Waals surface area contributed by atoms with Crippen molar-refractivity contribution >= 4 is 11.6 Å². The van der Waals surface area contributed by atoms with Gasteiger partial charge in [0.25, 0.3) is 0 Å². The molecule has 0 saturated carbocycles. The van der Waals surface area contributed by atoms with Gasteiger partial charge in [0, 0.05) is 37.8 Å². The molecule has 1 aliphatic heterocycles. The Labute approximate surface area is 128 Å². The first-order chi connectivity index (χ1) is 10.3. The van der Waals surface area contributed by atoms with Crippen LogP contribution in [0.5, 0.6) is 11.5 Å². The number of H-pyrrole nitrogens is 1. The molecule has 0 fully saturated rings. The van der Waals surface area contributed by atoms with Gasteiger partial charge >= 0.3 is 0 Å². The van der Waals surface area contributed by atoms with E-state index in [0.29, 0.717) is 24.0 Å². The Morgan fingerprint density at radius 1 is 1.29 bits per heavy atom. The van der Waals surface area contributed by atoms with Gasteiger partial charge in [0.2, 0.25) is 0 Å². The first kappa shape index (κ1) is 14.2. The average molecular weight is 308 g/mol. The number of aromatic nitrogens is 2. The number of aromatic amines is 1. The Bertz CT molecular complexity index is 587. The van der Waals surface area contributed by atoms with Crippen molar-refractivity contribution in [3.8, 4) is 11.5 Å². The minimum atomic E-state index is 0.611. The average Bonchev–Trinajstić information content (AvgIpc) is 2.87. The van der Waals surface area contributed by atoms with Crippen LogP contribution in [0.3, 0.4) is 0 Å². The second-order valence-electron chi connectivity index (χ2n) is 4.96. The SMILES string of the molecule is Clc1cc(CNCCc2cnc[nH]2)cc2c1OCCCO2. The Morgan fingerprint density at radius 3 is 3.05 bits per heavy atom. The highest BCUT2D eigenvalue weighted by molar-refractivity contribution is 6.32. The zero-order chi connectivity index (χ0) is 14.5. The van der Waals surface area contributed by atoms with E-state index in [1.807, 2.05) is 18.3 Å². The van der Waals surface area contributed by atoms with Gasteiger partial charge in [-0.3, -0.25) is 0 Å². The number of hydrogen-bond acceptors (Lipinski definition) is 4. The predicted octanol–water partition coefficient (Wildman–Crippen LogP) is 2.56. The number of hydrogen-bond donors (Lipinski definition) is 2. The van der Waals surface area contributed by atoms with Crippen LogP contribution < -0.4 is 14.8 Å². The molecule has 0 saturated heterocycles. The Morgan fingerprint density at radius 2 is 2.19 bits per heavy atom. The maximum atomic E-state index is 6.27. The van der Waals surface area contributed by atoms with E-state index in [9.17, 15) is 0 Å². The molecule has 0 unspecified atom stereocenters. The number of rotatable bonds is 5. The van der Waals surface area contributed by atoms with Crippen molar-refractivity contribution in [1.29, 1.82) is 0 Å². The molecule has 1 aliphatic rings. The van der Waals surface area contributed by atoms with E-state index in [2.05, 4.69) is 15.3 Å². The molecule has 6 heteroatoms. The number of fused-ring (bicyclic) bond motifs is 1. The standard InChI is InChI=1S/C15H18ClN3O2/c16-13-6-11(7-14-15(13)21-5-1-4-20-14)8-17-3-2-12-9-18-10-19-12/h6-7,9-10,17H,1-5,8H2,(H,18,19). The van der Waals surface area contributed by atoms with Crippen LogP contribution in [0.4, 0.5) is 0 Å². The molecule has 21 heavy (non-hydrogen) atoms. The van der Waals surface area contributed by atoms with Gasteiger partial charge in [-0.15, -0.1) is 0 Å². The third-order valence-corrected chi connectivity index (χ3v) is 3.60. The summed E-state index contributed by atoms with van der Waals surface area (Å²) in [6.45, 7) is 2.92. The van der Waals surface area contributed by atoms with Gasteiger partial charge in [-0.25, -0.2) is 4.98 Å². The molecule has 112 valence electrons. The summed E-state index contributed by atoms with van der Waals surface area (Å²) in [5.41, 5.74) is 2.22. The molecule has 5 nitrogen and oxygen atoms in total. The summed E-state index contributed by atoms with van der Waals surface area (Å²) in [4.78, 5) is 7.08. The smallest absolute Gasteiger partial charge is 0.179 e. The van der Waals surface area contributed by atoms with Crippen molar-refractivity contribution in [2.45, 2.75) is 19.4 Å². The Hall–Kier alpha value is -1.72. The third kappa shape index (κ3) is 3.68. The van der Waals surface area contributed by atoms with Crippen LogP contribution in [-0.4, -0.2) is 29.7 Å². The Kier molecular flexibility index (Phi) is 4.62. The second kappa shape index (κ2) is 6.83. The fourth-order valence-electron chi connectivity index (χ4n) is 2.26. The molecule has 0 spiro atoms. The highest BCUT2D eigenvalue weighted by atomic mass is 35.5. The molecule has 1 aromatic heterocycles. The molecule has 0 bridgehead atoms. The summed E-state index contributed by atoms with van der Waals surface area (Å²) in [5, 5.41) is 4.00. The molecule has 0 amide bonds. The van der Waals surface area contributed by atoms with Gasteiger partial charge in [-0.2, -0.15) is 0 Å². The predicted molar refractivity (Wildman–Crippen MR) is 81.1 cm³/mol. The summed E-state index contributed by atoms with van der Waals surface area (Å²) in [6, 6.07) is 3.92. The summed E-state index contributed by atoms with van der Waals surface area (Å²) in [6.07, 6.45) is 5.33. The first-order valence-corrected chi connectivity index (χ1v) is 7.47. The molecular formula is C15H18ClN3O2. The van der Waals surface area contributed by atoms with E-state index in [0.717, 1.165) is 42.9 Å². The van der Waals surface area contributed by atoms with Crippen molar-refractivity contribution in [1.82, 2.24) is 15.3 Å². The lowest BCUT2D eigenvalue weighted by atomic mass is 10.2. The van der Waals surface area contributed by atoms with E-state index >= 15 is 0 Å². The van der Waals surface area contributed by atoms with Crippen molar-refractivity contribution in [3.05, 3.63) is 40.9 Å². The van der Waals surface area contributed by atoms with Crippen LogP contribution in [0.25, 0.3) is 0 Å². The summed E-state index contributed by atoms with van der Waals surface area (Å²) in [7, 11) is 0. The molecule has 0 aliphatic carbocycles. The fraction of sp³-hybridized carbons (Fsp3) is 0.400. The van der Waals surface area contributed by atoms with Gasteiger partial charge in [-0.05, 0) is 17.7 Å². The zero-order valence-electron chi connectivity index (χ0n) is 11.7. The molecule has 0 radical (unpaired) electrons. The molecule has 0 atom stereocenters. The lowest BCUT2D eigenvalue weighted by Crippen LogP contribution is -2.16. The van der Waals surface area contributed by atoms with Crippen molar-refractivity contribution in [3.63, 3.8) is 0 Å². The summed E-state index contributed by atoms with van der Waals surface area (Å²) >= 11 is 6.27. The lowest BCUT2D eigenvalue weighted by Gasteiger charge is -2.12. The van der Waals surface area contributed by atoms with Crippen LogP contribution in [0, 0.1) is 0 Å².